The zero-order valence-corrected chi connectivity index (χ0v) is 18.0. The van der Waals surface area contributed by atoms with Crippen LogP contribution in [0.5, 0.6) is 5.75 Å². The molecule has 1 N–H and O–H groups in total. The lowest BCUT2D eigenvalue weighted by atomic mass is 9.98. The Morgan fingerprint density at radius 2 is 1.68 bits per heavy atom. The summed E-state index contributed by atoms with van der Waals surface area (Å²) < 4.78 is 31.1. The molecule has 0 bridgehead atoms. The van der Waals surface area contributed by atoms with Crippen LogP contribution in [0.3, 0.4) is 0 Å². The molecule has 0 fully saturated rings. The zero-order valence-electron chi connectivity index (χ0n) is 17.2. The van der Waals surface area contributed by atoms with Crippen molar-refractivity contribution in [3.8, 4) is 5.75 Å². The average molecular weight is 405 g/mol. The molecule has 0 aliphatic carbocycles. The van der Waals surface area contributed by atoms with E-state index in [4.69, 9.17) is 4.74 Å². The highest BCUT2D eigenvalue weighted by atomic mass is 32.2. The second-order valence-electron chi connectivity index (χ2n) is 7.12. The van der Waals surface area contributed by atoms with Gasteiger partial charge in [0.05, 0.1) is 19.1 Å². The Morgan fingerprint density at radius 1 is 1.07 bits per heavy atom. The van der Waals surface area contributed by atoms with Crippen LogP contribution < -0.4 is 14.4 Å². The van der Waals surface area contributed by atoms with E-state index in [-0.39, 0.29) is 5.92 Å². The fourth-order valence-electron chi connectivity index (χ4n) is 3.11. The number of para-hydroxylation sites is 1. The summed E-state index contributed by atoms with van der Waals surface area (Å²) in [4.78, 5) is 13.0. The van der Waals surface area contributed by atoms with Gasteiger partial charge in [0.25, 0.3) is 0 Å². The van der Waals surface area contributed by atoms with E-state index in [1.807, 2.05) is 39.0 Å². The third kappa shape index (κ3) is 4.84. The SMILES string of the molecule is COc1ccc(N(C(C)C(=O)Nc2c(C)cccc2C(C)C)S(C)(=O)=O)cc1. The fraction of sp³-hybridized carbons (Fsp3) is 0.381. The van der Waals surface area contributed by atoms with Gasteiger partial charge in [-0.2, -0.15) is 0 Å². The number of aryl methyl sites for hydroxylation is 1. The van der Waals surface area contributed by atoms with Crippen molar-refractivity contribution in [1.29, 1.82) is 0 Å². The fourth-order valence-corrected chi connectivity index (χ4v) is 4.28. The molecule has 0 saturated heterocycles. The highest BCUT2D eigenvalue weighted by Gasteiger charge is 2.30. The van der Waals surface area contributed by atoms with Gasteiger partial charge >= 0.3 is 0 Å². The number of sulfonamides is 1. The van der Waals surface area contributed by atoms with Crippen molar-refractivity contribution in [1.82, 2.24) is 0 Å². The summed E-state index contributed by atoms with van der Waals surface area (Å²) in [6, 6.07) is 11.5. The van der Waals surface area contributed by atoms with Crippen LogP contribution in [0.2, 0.25) is 0 Å². The first-order valence-electron chi connectivity index (χ1n) is 9.10. The summed E-state index contributed by atoms with van der Waals surface area (Å²) in [5, 5.41) is 2.94. The third-order valence-electron chi connectivity index (χ3n) is 4.59. The summed E-state index contributed by atoms with van der Waals surface area (Å²) in [5.74, 6) is 0.436. The van der Waals surface area contributed by atoms with E-state index < -0.39 is 22.0 Å². The summed E-state index contributed by atoms with van der Waals surface area (Å²) in [7, 11) is -2.14. The van der Waals surface area contributed by atoms with Gasteiger partial charge in [-0.25, -0.2) is 8.42 Å². The normalized spacial score (nSPS) is 12.5. The molecule has 1 atom stereocenters. The molecule has 152 valence electrons. The van der Waals surface area contributed by atoms with E-state index in [9.17, 15) is 13.2 Å². The number of hydrogen-bond donors (Lipinski definition) is 1. The summed E-state index contributed by atoms with van der Waals surface area (Å²) in [6.07, 6.45) is 1.09. The molecule has 0 aliphatic heterocycles. The maximum absolute atomic E-state index is 13.0. The van der Waals surface area contributed by atoms with Crippen molar-refractivity contribution in [2.75, 3.05) is 23.0 Å². The number of benzene rings is 2. The van der Waals surface area contributed by atoms with Crippen molar-refractivity contribution >= 4 is 27.3 Å². The minimum absolute atomic E-state index is 0.220. The quantitative estimate of drug-likeness (QED) is 0.759. The minimum Gasteiger partial charge on any atom is -0.497 e. The predicted octanol–water partition coefficient (Wildman–Crippen LogP) is 3.92. The van der Waals surface area contributed by atoms with Crippen molar-refractivity contribution in [2.24, 2.45) is 0 Å². The van der Waals surface area contributed by atoms with E-state index in [2.05, 4.69) is 5.32 Å². The minimum atomic E-state index is -3.68. The lowest BCUT2D eigenvalue weighted by molar-refractivity contribution is -0.116. The van der Waals surface area contributed by atoms with E-state index in [0.717, 1.165) is 27.4 Å². The van der Waals surface area contributed by atoms with Crippen molar-refractivity contribution in [3.63, 3.8) is 0 Å². The number of nitrogens with zero attached hydrogens (tertiary/aromatic N) is 1. The molecule has 1 amide bonds. The number of carbonyl (C=O) groups excluding carboxylic acids is 1. The Bertz CT molecular complexity index is 937. The Balaban J connectivity index is 2.38. The number of anilines is 2. The molecule has 6 nitrogen and oxygen atoms in total. The van der Waals surface area contributed by atoms with Crippen molar-refractivity contribution in [2.45, 2.75) is 39.7 Å². The molecule has 28 heavy (non-hydrogen) atoms. The van der Waals surface area contributed by atoms with E-state index in [1.54, 1.807) is 31.2 Å². The second kappa shape index (κ2) is 8.65. The van der Waals surface area contributed by atoms with Crippen LogP contribution >= 0.6 is 0 Å². The first-order chi connectivity index (χ1) is 13.1. The van der Waals surface area contributed by atoms with Gasteiger partial charge in [0.15, 0.2) is 0 Å². The number of hydrogen-bond acceptors (Lipinski definition) is 4. The van der Waals surface area contributed by atoms with E-state index in [1.165, 1.54) is 7.11 Å². The highest BCUT2D eigenvalue weighted by Crippen LogP contribution is 2.29. The summed E-state index contributed by atoms with van der Waals surface area (Å²) >= 11 is 0. The third-order valence-corrected chi connectivity index (χ3v) is 5.83. The van der Waals surface area contributed by atoms with Crippen molar-refractivity contribution < 1.29 is 17.9 Å². The van der Waals surface area contributed by atoms with Gasteiger partial charge in [-0.3, -0.25) is 9.10 Å². The number of nitrogens with one attached hydrogen (secondary N) is 1. The molecular formula is C21H28N2O4S. The number of methoxy groups -OCH3 is 1. The van der Waals surface area contributed by atoms with Crippen LogP contribution in [0.15, 0.2) is 42.5 Å². The lowest BCUT2D eigenvalue weighted by Crippen LogP contribution is -2.45. The molecular weight excluding hydrogens is 376 g/mol. The van der Waals surface area contributed by atoms with Crippen LogP contribution in [0.4, 0.5) is 11.4 Å². The number of amides is 1. The van der Waals surface area contributed by atoms with Crippen LogP contribution in [0.25, 0.3) is 0 Å². The summed E-state index contributed by atoms with van der Waals surface area (Å²) in [5.41, 5.74) is 3.08. The van der Waals surface area contributed by atoms with Gasteiger partial charge in [-0.15, -0.1) is 0 Å². The van der Waals surface area contributed by atoms with Gasteiger partial charge in [-0.1, -0.05) is 32.0 Å². The van der Waals surface area contributed by atoms with E-state index >= 15 is 0 Å². The van der Waals surface area contributed by atoms with Crippen LogP contribution in [0, 0.1) is 6.92 Å². The topological polar surface area (TPSA) is 75.7 Å². The van der Waals surface area contributed by atoms with Crippen LogP contribution in [-0.2, 0) is 14.8 Å². The van der Waals surface area contributed by atoms with Gasteiger partial charge in [0.1, 0.15) is 11.8 Å². The molecule has 0 saturated carbocycles. The molecule has 2 aromatic carbocycles. The Hall–Kier alpha value is -2.54. The molecule has 2 aromatic rings. The Morgan fingerprint density at radius 3 is 2.18 bits per heavy atom. The lowest BCUT2D eigenvalue weighted by Gasteiger charge is -2.29. The van der Waals surface area contributed by atoms with Gasteiger partial charge in [0, 0.05) is 5.69 Å². The molecule has 2 rings (SSSR count). The Labute approximate surface area is 167 Å². The van der Waals surface area contributed by atoms with Crippen molar-refractivity contribution in [3.05, 3.63) is 53.6 Å². The predicted molar refractivity (Wildman–Crippen MR) is 114 cm³/mol. The maximum atomic E-state index is 13.0. The molecule has 0 heterocycles. The molecule has 0 radical (unpaired) electrons. The van der Waals surface area contributed by atoms with Crippen LogP contribution in [-0.4, -0.2) is 33.7 Å². The first kappa shape index (κ1) is 21.8. The zero-order chi connectivity index (χ0) is 21.1. The summed E-state index contributed by atoms with van der Waals surface area (Å²) in [6.45, 7) is 7.60. The second-order valence-corrected chi connectivity index (χ2v) is 8.98. The standard InChI is InChI=1S/C21H28N2O4S/c1-14(2)19-9-7-8-15(3)20(19)22-21(24)16(4)23(28(6,25)26)17-10-12-18(27-5)13-11-17/h7-14,16H,1-6H3,(H,22,24). The molecule has 7 heteroatoms. The van der Waals surface area contributed by atoms with Gasteiger partial charge in [0.2, 0.25) is 15.9 Å². The van der Waals surface area contributed by atoms with E-state index in [0.29, 0.717) is 11.4 Å². The first-order valence-corrected chi connectivity index (χ1v) is 10.9. The molecule has 0 aliphatic rings. The molecule has 1 unspecified atom stereocenters. The monoisotopic (exact) mass is 404 g/mol. The van der Waals surface area contributed by atoms with Gasteiger partial charge in [-0.05, 0) is 55.2 Å². The largest absolute Gasteiger partial charge is 0.497 e. The maximum Gasteiger partial charge on any atom is 0.248 e. The smallest absolute Gasteiger partial charge is 0.248 e. The molecule has 0 aromatic heterocycles. The number of carbonyl (C=O) groups is 1. The number of rotatable bonds is 7. The highest BCUT2D eigenvalue weighted by molar-refractivity contribution is 7.92. The number of ether oxygens (including phenoxy) is 1. The van der Waals surface area contributed by atoms with Crippen LogP contribution in [0.1, 0.15) is 37.8 Å². The molecule has 0 spiro atoms. The Kier molecular flexibility index (Phi) is 6.72. The average Bonchev–Trinajstić information content (AvgIpc) is 2.62. The van der Waals surface area contributed by atoms with Gasteiger partial charge < -0.3 is 10.1 Å².